The van der Waals surface area contributed by atoms with Gasteiger partial charge in [0.25, 0.3) is 0 Å². The first kappa shape index (κ1) is 14.6. The van der Waals surface area contributed by atoms with Crippen LogP contribution in [-0.2, 0) is 9.47 Å². The first-order chi connectivity index (χ1) is 8.33. The molecule has 0 saturated carbocycles. The zero-order chi connectivity index (χ0) is 12.3. The zero-order valence-corrected chi connectivity index (χ0v) is 10.7. The highest BCUT2D eigenvalue weighted by Gasteiger charge is 2.15. The van der Waals surface area contributed by atoms with Crippen LogP contribution in [0.2, 0.25) is 0 Å². The number of aliphatic hydroxyl groups excluding tert-OH is 1. The predicted molar refractivity (Wildman–Crippen MR) is 68.1 cm³/mol. The van der Waals surface area contributed by atoms with Crippen molar-refractivity contribution in [2.45, 2.75) is 38.4 Å². The molecular weight excluding hydrogens is 218 g/mol. The number of rotatable bonds is 9. The molecule has 0 bridgehead atoms. The summed E-state index contributed by atoms with van der Waals surface area (Å²) in [5, 5.41) is 12.8. The molecule has 17 heavy (non-hydrogen) atoms. The lowest BCUT2D eigenvalue weighted by Gasteiger charge is -2.14. The van der Waals surface area contributed by atoms with Crippen molar-refractivity contribution >= 4 is 0 Å². The van der Waals surface area contributed by atoms with Crippen LogP contribution in [0.3, 0.4) is 0 Å². The van der Waals surface area contributed by atoms with Crippen LogP contribution in [0, 0.1) is 0 Å². The third-order valence-electron chi connectivity index (χ3n) is 2.74. The van der Waals surface area contributed by atoms with Crippen molar-refractivity contribution in [1.29, 1.82) is 0 Å². The van der Waals surface area contributed by atoms with E-state index < -0.39 is 6.10 Å². The summed E-state index contributed by atoms with van der Waals surface area (Å²) in [6, 6.07) is 0. The fourth-order valence-electron chi connectivity index (χ4n) is 1.79. The smallest absolute Gasteiger partial charge is 0.0897 e. The molecule has 0 aliphatic carbocycles. The predicted octanol–water partition coefficient (Wildman–Crippen LogP) is 1.10. The molecule has 2 atom stereocenters. The zero-order valence-electron chi connectivity index (χ0n) is 10.7. The van der Waals surface area contributed by atoms with Crippen LogP contribution in [0.15, 0.2) is 12.2 Å². The third-order valence-corrected chi connectivity index (χ3v) is 2.74. The summed E-state index contributed by atoms with van der Waals surface area (Å²) < 4.78 is 10.9. The molecule has 4 heteroatoms. The van der Waals surface area contributed by atoms with Crippen molar-refractivity contribution in [2.75, 3.05) is 32.9 Å². The van der Waals surface area contributed by atoms with E-state index in [2.05, 4.69) is 11.4 Å². The van der Waals surface area contributed by atoms with Crippen molar-refractivity contribution in [3.8, 4) is 0 Å². The van der Waals surface area contributed by atoms with E-state index in [1.54, 1.807) is 0 Å². The molecule has 0 amide bonds. The van der Waals surface area contributed by atoms with Crippen LogP contribution in [0.25, 0.3) is 0 Å². The summed E-state index contributed by atoms with van der Waals surface area (Å²) >= 11 is 0. The molecule has 0 spiro atoms. The van der Waals surface area contributed by atoms with Gasteiger partial charge in [-0.15, -0.1) is 0 Å². The fourth-order valence-corrected chi connectivity index (χ4v) is 1.79. The maximum absolute atomic E-state index is 9.63. The van der Waals surface area contributed by atoms with Crippen LogP contribution in [0.1, 0.15) is 26.2 Å². The van der Waals surface area contributed by atoms with E-state index in [-0.39, 0.29) is 6.10 Å². The van der Waals surface area contributed by atoms with Gasteiger partial charge >= 0.3 is 0 Å². The average molecular weight is 243 g/mol. The standard InChI is InChI=1S/C13H25NO3/c1-2-3-4-7-14-9-12(15)10-16-11-13-6-5-8-17-13/h2-3,12-15H,4-11H2,1H3/b3-2+. The van der Waals surface area contributed by atoms with E-state index in [1.807, 2.05) is 13.0 Å². The summed E-state index contributed by atoms with van der Waals surface area (Å²) in [5.74, 6) is 0. The second-order valence-corrected chi connectivity index (χ2v) is 4.39. The monoisotopic (exact) mass is 243 g/mol. The molecule has 2 N–H and O–H groups in total. The first-order valence-electron chi connectivity index (χ1n) is 6.52. The minimum absolute atomic E-state index is 0.241. The van der Waals surface area contributed by atoms with Crippen LogP contribution in [0.5, 0.6) is 0 Å². The van der Waals surface area contributed by atoms with Crippen LogP contribution >= 0.6 is 0 Å². The molecule has 1 saturated heterocycles. The summed E-state index contributed by atoms with van der Waals surface area (Å²) in [6.07, 6.45) is 7.16. The molecule has 0 aromatic rings. The molecule has 4 nitrogen and oxygen atoms in total. The summed E-state index contributed by atoms with van der Waals surface area (Å²) in [4.78, 5) is 0. The number of allylic oxidation sites excluding steroid dienone is 1. The Morgan fingerprint density at radius 1 is 1.59 bits per heavy atom. The lowest BCUT2D eigenvalue weighted by molar-refractivity contribution is -0.0163. The Balaban J connectivity index is 1.88. The molecule has 1 aliphatic rings. The van der Waals surface area contributed by atoms with E-state index in [0.717, 1.165) is 32.4 Å². The second kappa shape index (κ2) is 9.59. The van der Waals surface area contributed by atoms with Gasteiger partial charge in [0.05, 0.1) is 25.4 Å². The quantitative estimate of drug-likeness (QED) is 0.470. The van der Waals surface area contributed by atoms with Gasteiger partial charge in [0.2, 0.25) is 0 Å². The molecule has 1 fully saturated rings. The Labute approximate surface area is 104 Å². The highest BCUT2D eigenvalue weighted by atomic mass is 16.5. The summed E-state index contributed by atoms with van der Waals surface area (Å²) in [5.41, 5.74) is 0. The Bertz CT molecular complexity index is 203. The lowest BCUT2D eigenvalue weighted by Crippen LogP contribution is -2.31. The van der Waals surface area contributed by atoms with Crippen molar-refractivity contribution in [3.05, 3.63) is 12.2 Å². The topological polar surface area (TPSA) is 50.7 Å². The Morgan fingerprint density at radius 2 is 2.47 bits per heavy atom. The van der Waals surface area contributed by atoms with Gasteiger partial charge < -0.3 is 19.9 Å². The number of nitrogens with one attached hydrogen (secondary N) is 1. The molecule has 2 unspecified atom stereocenters. The Morgan fingerprint density at radius 3 is 3.18 bits per heavy atom. The maximum atomic E-state index is 9.63. The molecular formula is C13H25NO3. The minimum Gasteiger partial charge on any atom is -0.389 e. The lowest BCUT2D eigenvalue weighted by atomic mass is 10.2. The number of hydrogen-bond acceptors (Lipinski definition) is 4. The Hall–Kier alpha value is -0.420. The third kappa shape index (κ3) is 7.49. The van der Waals surface area contributed by atoms with Crippen LogP contribution in [-0.4, -0.2) is 50.2 Å². The highest BCUT2D eigenvalue weighted by molar-refractivity contribution is 4.77. The molecule has 100 valence electrons. The summed E-state index contributed by atoms with van der Waals surface area (Å²) in [7, 11) is 0. The van der Waals surface area contributed by atoms with Crippen molar-refractivity contribution in [3.63, 3.8) is 0 Å². The van der Waals surface area contributed by atoms with Gasteiger partial charge in [-0.3, -0.25) is 0 Å². The van der Waals surface area contributed by atoms with E-state index in [1.165, 1.54) is 0 Å². The van der Waals surface area contributed by atoms with Crippen molar-refractivity contribution < 1.29 is 14.6 Å². The average Bonchev–Trinajstić information content (AvgIpc) is 2.82. The van der Waals surface area contributed by atoms with E-state index in [9.17, 15) is 5.11 Å². The van der Waals surface area contributed by atoms with E-state index in [4.69, 9.17) is 9.47 Å². The first-order valence-corrected chi connectivity index (χ1v) is 6.52. The molecule has 0 aromatic heterocycles. The molecule has 0 aromatic carbocycles. The number of ether oxygens (including phenoxy) is 2. The SMILES string of the molecule is C/C=C/CCNCC(O)COCC1CCCO1. The highest BCUT2D eigenvalue weighted by Crippen LogP contribution is 2.11. The number of aliphatic hydroxyl groups is 1. The molecule has 1 heterocycles. The Kier molecular flexibility index (Phi) is 8.26. The summed E-state index contributed by atoms with van der Waals surface area (Å²) in [6.45, 7) is 5.33. The van der Waals surface area contributed by atoms with Gasteiger partial charge in [-0.1, -0.05) is 12.2 Å². The fraction of sp³-hybridized carbons (Fsp3) is 0.846. The van der Waals surface area contributed by atoms with Gasteiger partial charge in [0.1, 0.15) is 0 Å². The van der Waals surface area contributed by atoms with Crippen LogP contribution < -0.4 is 5.32 Å². The molecule has 1 aliphatic heterocycles. The largest absolute Gasteiger partial charge is 0.389 e. The minimum atomic E-state index is -0.429. The van der Waals surface area contributed by atoms with Crippen molar-refractivity contribution in [1.82, 2.24) is 5.32 Å². The number of hydrogen-bond donors (Lipinski definition) is 2. The van der Waals surface area contributed by atoms with Crippen molar-refractivity contribution in [2.24, 2.45) is 0 Å². The van der Waals surface area contributed by atoms with Gasteiger partial charge in [0.15, 0.2) is 0 Å². The van der Waals surface area contributed by atoms with Gasteiger partial charge in [-0.25, -0.2) is 0 Å². The molecule has 1 rings (SSSR count). The van der Waals surface area contributed by atoms with Gasteiger partial charge in [-0.2, -0.15) is 0 Å². The van der Waals surface area contributed by atoms with Crippen LogP contribution in [0.4, 0.5) is 0 Å². The normalized spacial score (nSPS) is 22.4. The van der Waals surface area contributed by atoms with Gasteiger partial charge in [0, 0.05) is 13.2 Å². The second-order valence-electron chi connectivity index (χ2n) is 4.39. The van der Waals surface area contributed by atoms with E-state index >= 15 is 0 Å². The van der Waals surface area contributed by atoms with E-state index in [0.29, 0.717) is 19.8 Å². The van der Waals surface area contributed by atoms with Gasteiger partial charge in [-0.05, 0) is 32.7 Å². The maximum Gasteiger partial charge on any atom is 0.0897 e. The molecule has 0 radical (unpaired) electrons.